The van der Waals surface area contributed by atoms with Gasteiger partial charge in [-0.25, -0.2) is 9.78 Å². The Hall–Kier alpha value is -4.72. The normalized spacial score (nSPS) is 13.2. The molecule has 0 radical (unpaired) electrons. The van der Waals surface area contributed by atoms with Gasteiger partial charge in [-0.2, -0.15) is 0 Å². The smallest absolute Gasteiger partial charge is 0.411 e. The molecular weight excluding hydrogens is 502 g/mol. The number of fused-ring (bicyclic) bond motifs is 1. The molecule has 204 valence electrons. The number of aromatic nitrogens is 3. The zero-order valence-corrected chi connectivity index (χ0v) is 22.3. The molecule has 5 aromatic rings. The van der Waals surface area contributed by atoms with Crippen molar-refractivity contribution in [3.8, 4) is 17.0 Å². The molecule has 0 unspecified atom stereocenters. The number of benzene rings is 3. The lowest BCUT2D eigenvalue weighted by molar-refractivity contribution is 0.155. The van der Waals surface area contributed by atoms with Gasteiger partial charge in [-0.1, -0.05) is 42.5 Å². The third-order valence-electron chi connectivity index (χ3n) is 7.46. The van der Waals surface area contributed by atoms with E-state index in [2.05, 4.69) is 27.0 Å². The zero-order valence-electron chi connectivity index (χ0n) is 22.3. The number of ether oxygens (including phenoxy) is 2. The standard InChI is InChI=1S/C32H33N5O3/c33-30-28-20-27(39-19-5-17-36-18-16-34-22-36)14-15-29(28)37(26-8-4-9-26)31(30)24-10-12-25(13-11-24)35-32(38)40-21-23-6-2-1-3-7-23/h1-3,6-7,10-16,18,20,22,26H,4-5,8-9,17,19,21,33H2,(H,35,38). The Morgan fingerprint density at radius 3 is 2.60 bits per heavy atom. The minimum absolute atomic E-state index is 0.221. The number of nitrogens with two attached hydrogens (primary N) is 1. The Morgan fingerprint density at radius 2 is 1.88 bits per heavy atom. The van der Waals surface area contributed by atoms with Crippen LogP contribution in [0.2, 0.25) is 0 Å². The number of nitrogens with zero attached hydrogens (tertiary/aromatic N) is 3. The van der Waals surface area contributed by atoms with Crippen LogP contribution < -0.4 is 15.8 Å². The Labute approximate surface area is 233 Å². The van der Waals surface area contributed by atoms with Crippen LogP contribution in [0, 0.1) is 0 Å². The van der Waals surface area contributed by atoms with Crippen molar-refractivity contribution in [3.05, 3.63) is 97.1 Å². The van der Waals surface area contributed by atoms with E-state index in [1.165, 1.54) is 6.42 Å². The van der Waals surface area contributed by atoms with Crippen LogP contribution in [0.25, 0.3) is 22.2 Å². The average molecular weight is 536 g/mol. The van der Waals surface area contributed by atoms with Crippen LogP contribution >= 0.6 is 0 Å². The van der Waals surface area contributed by atoms with Gasteiger partial charge in [0, 0.05) is 41.6 Å². The largest absolute Gasteiger partial charge is 0.494 e. The second-order valence-electron chi connectivity index (χ2n) is 10.2. The van der Waals surface area contributed by atoms with Crippen LogP contribution in [-0.2, 0) is 17.9 Å². The SMILES string of the molecule is Nc1c(-c2ccc(NC(=O)OCc3ccccc3)cc2)n(C2CCC2)c2ccc(OCCCn3ccnc3)cc12. The van der Waals surface area contributed by atoms with Crippen LogP contribution in [0.4, 0.5) is 16.2 Å². The summed E-state index contributed by atoms with van der Waals surface area (Å²) in [6.07, 6.45) is 9.44. The van der Waals surface area contributed by atoms with Crippen molar-refractivity contribution >= 4 is 28.4 Å². The van der Waals surface area contributed by atoms with Gasteiger partial charge < -0.3 is 24.3 Å². The Balaban J connectivity index is 1.18. The van der Waals surface area contributed by atoms with Gasteiger partial charge in [0.2, 0.25) is 0 Å². The van der Waals surface area contributed by atoms with E-state index in [-0.39, 0.29) is 6.61 Å². The number of imidazole rings is 1. The Kier molecular flexibility index (Phi) is 7.39. The van der Waals surface area contributed by atoms with Crippen molar-refractivity contribution in [2.24, 2.45) is 0 Å². The van der Waals surface area contributed by atoms with Crippen LogP contribution in [0.5, 0.6) is 5.75 Å². The maximum atomic E-state index is 12.3. The predicted octanol–water partition coefficient (Wildman–Crippen LogP) is 7.03. The minimum Gasteiger partial charge on any atom is -0.494 e. The van der Waals surface area contributed by atoms with Crippen LogP contribution in [0.1, 0.15) is 37.3 Å². The third kappa shape index (κ3) is 5.52. The molecule has 2 heterocycles. The van der Waals surface area contributed by atoms with Gasteiger partial charge >= 0.3 is 6.09 Å². The molecule has 0 saturated heterocycles. The summed E-state index contributed by atoms with van der Waals surface area (Å²) in [6.45, 7) is 1.70. The highest BCUT2D eigenvalue weighted by molar-refractivity contribution is 6.02. The van der Waals surface area contributed by atoms with Gasteiger partial charge in [-0.15, -0.1) is 0 Å². The molecule has 3 N–H and O–H groups in total. The van der Waals surface area contributed by atoms with Crippen LogP contribution in [-0.4, -0.2) is 26.8 Å². The first kappa shape index (κ1) is 25.6. The van der Waals surface area contributed by atoms with Crippen LogP contribution in [0.3, 0.4) is 0 Å². The highest BCUT2D eigenvalue weighted by atomic mass is 16.5. The highest BCUT2D eigenvalue weighted by Crippen LogP contribution is 2.45. The summed E-state index contributed by atoms with van der Waals surface area (Å²) in [6, 6.07) is 24.0. The maximum Gasteiger partial charge on any atom is 0.411 e. The Bertz CT molecular complexity index is 1570. The van der Waals surface area contributed by atoms with Crippen molar-refractivity contribution in [3.63, 3.8) is 0 Å². The number of hydrogen-bond acceptors (Lipinski definition) is 5. The molecule has 0 atom stereocenters. The molecule has 1 aliphatic rings. The topological polar surface area (TPSA) is 96.3 Å². The first-order valence-corrected chi connectivity index (χ1v) is 13.8. The van der Waals surface area contributed by atoms with E-state index in [1.54, 1.807) is 6.20 Å². The number of carbonyl (C=O) groups is 1. The van der Waals surface area contributed by atoms with Crippen molar-refractivity contribution in [1.82, 2.24) is 14.1 Å². The lowest BCUT2D eigenvalue weighted by atomic mass is 9.92. The molecule has 0 aliphatic heterocycles. The number of hydrogen-bond donors (Lipinski definition) is 2. The number of nitrogens with one attached hydrogen (secondary N) is 1. The fourth-order valence-corrected chi connectivity index (χ4v) is 5.17. The molecule has 40 heavy (non-hydrogen) atoms. The van der Waals surface area contributed by atoms with Crippen molar-refractivity contribution in [2.45, 2.75) is 44.9 Å². The van der Waals surface area contributed by atoms with Crippen molar-refractivity contribution in [2.75, 3.05) is 17.7 Å². The van der Waals surface area contributed by atoms with Crippen molar-refractivity contribution < 1.29 is 14.3 Å². The fourth-order valence-electron chi connectivity index (χ4n) is 5.17. The monoisotopic (exact) mass is 535 g/mol. The third-order valence-corrected chi connectivity index (χ3v) is 7.46. The van der Waals surface area contributed by atoms with Crippen LogP contribution in [0.15, 0.2) is 91.5 Å². The summed E-state index contributed by atoms with van der Waals surface area (Å²) in [5, 5.41) is 3.81. The second kappa shape index (κ2) is 11.6. The number of carbonyl (C=O) groups excluding carboxylic acids is 1. The summed E-state index contributed by atoms with van der Waals surface area (Å²) >= 11 is 0. The number of amides is 1. The zero-order chi connectivity index (χ0) is 27.3. The number of anilines is 2. The molecular formula is C32H33N5O3. The molecule has 3 aromatic carbocycles. The fraction of sp³-hybridized carbons (Fsp3) is 0.250. The van der Waals surface area contributed by atoms with Gasteiger partial charge in [0.05, 0.1) is 29.8 Å². The minimum atomic E-state index is -0.489. The van der Waals surface area contributed by atoms with Gasteiger partial charge in [0.15, 0.2) is 0 Å². The van der Waals surface area contributed by atoms with E-state index in [4.69, 9.17) is 15.2 Å². The van der Waals surface area contributed by atoms with Gasteiger partial charge in [-0.05, 0) is 61.6 Å². The second-order valence-corrected chi connectivity index (χ2v) is 10.2. The predicted molar refractivity (Wildman–Crippen MR) is 157 cm³/mol. The molecule has 0 bridgehead atoms. The molecule has 1 saturated carbocycles. The lowest BCUT2D eigenvalue weighted by Crippen LogP contribution is -2.18. The lowest BCUT2D eigenvalue weighted by Gasteiger charge is -2.30. The first-order valence-electron chi connectivity index (χ1n) is 13.8. The highest BCUT2D eigenvalue weighted by Gasteiger charge is 2.27. The van der Waals surface area contributed by atoms with Gasteiger partial charge in [-0.3, -0.25) is 5.32 Å². The molecule has 1 fully saturated rings. The first-order chi connectivity index (χ1) is 19.7. The molecule has 2 aromatic heterocycles. The Morgan fingerprint density at radius 1 is 1.05 bits per heavy atom. The van der Waals surface area contributed by atoms with Gasteiger partial charge in [0.1, 0.15) is 12.4 Å². The molecule has 8 nitrogen and oxygen atoms in total. The van der Waals surface area contributed by atoms with Gasteiger partial charge in [0.25, 0.3) is 0 Å². The summed E-state index contributed by atoms with van der Waals surface area (Å²) < 4.78 is 15.9. The van der Waals surface area contributed by atoms with E-state index in [0.717, 1.165) is 65.0 Å². The summed E-state index contributed by atoms with van der Waals surface area (Å²) in [5.74, 6) is 0.815. The quantitative estimate of drug-likeness (QED) is 0.187. The molecule has 1 amide bonds. The molecule has 1 aliphatic carbocycles. The molecule has 0 spiro atoms. The average Bonchev–Trinajstić information content (AvgIpc) is 3.57. The van der Waals surface area contributed by atoms with E-state index in [9.17, 15) is 4.79 Å². The van der Waals surface area contributed by atoms with E-state index in [0.29, 0.717) is 18.3 Å². The number of aryl methyl sites for hydroxylation is 1. The maximum absolute atomic E-state index is 12.3. The van der Waals surface area contributed by atoms with E-state index < -0.39 is 6.09 Å². The summed E-state index contributed by atoms with van der Waals surface area (Å²) in [5.41, 5.74) is 12.3. The van der Waals surface area contributed by atoms with E-state index >= 15 is 0 Å². The summed E-state index contributed by atoms with van der Waals surface area (Å²) in [7, 11) is 0. The molecule has 6 rings (SSSR count). The van der Waals surface area contributed by atoms with Crippen molar-refractivity contribution in [1.29, 1.82) is 0 Å². The van der Waals surface area contributed by atoms with E-state index in [1.807, 2.05) is 77.8 Å². The number of rotatable bonds is 10. The summed E-state index contributed by atoms with van der Waals surface area (Å²) in [4.78, 5) is 16.4. The number of nitrogen functional groups attached to an aromatic ring is 1. The molecule has 8 heteroatoms.